The Kier molecular flexibility index (Phi) is 7.05. The fourth-order valence-corrected chi connectivity index (χ4v) is 10.0. The minimum Gasteiger partial charge on any atom is -0.456 e. The summed E-state index contributed by atoms with van der Waals surface area (Å²) in [5.74, 6) is 1.72. The van der Waals surface area contributed by atoms with Crippen LogP contribution >= 0.6 is 11.3 Å². The Morgan fingerprint density at radius 1 is 0.417 bits per heavy atom. The first kappa shape index (κ1) is 33.1. The van der Waals surface area contributed by atoms with Crippen LogP contribution in [0.2, 0.25) is 0 Å². The summed E-state index contributed by atoms with van der Waals surface area (Å²) in [7, 11) is 0. The van der Waals surface area contributed by atoms with Gasteiger partial charge >= 0.3 is 0 Å². The largest absolute Gasteiger partial charge is 0.456 e. The van der Waals surface area contributed by atoms with E-state index in [0.29, 0.717) is 17.6 Å². The molecule has 0 spiro atoms. The van der Waals surface area contributed by atoms with Gasteiger partial charge in [-0.15, -0.1) is 11.3 Å². The first-order chi connectivity index (χ1) is 29.7. The normalized spacial score (nSPS) is 12.0. The van der Waals surface area contributed by atoms with Crippen molar-refractivity contribution < 1.29 is 4.42 Å². The molecule has 280 valence electrons. The Morgan fingerprint density at radius 3 is 1.80 bits per heavy atom. The number of para-hydroxylation sites is 3. The maximum atomic E-state index is 6.29. The van der Waals surface area contributed by atoms with Gasteiger partial charge in [-0.2, -0.15) is 9.97 Å². The first-order valence-electron chi connectivity index (χ1n) is 19.9. The lowest BCUT2D eigenvalue weighted by molar-refractivity contribution is 0.669. The van der Waals surface area contributed by atoms with Gasteiger partial charge in [-0.1, -0.05) is 133 Å². The van der Waals surface area contributed by atoms with E-state index in [2.05, 4.69) is 137 Å². The quantitative estimate of drug-likeness (QED) is 0.174. The standard InChI is InChI=1S/C52H30N6OS/c1-3-14-31(15-4-1)49-54-50(39-21-13-22-41-48(39)60-51(53-41)32-16-5-2-6-17-32)56-52(55-49)58-43-24-11-8-19-35(43)38-28-27-37-34-18-7-10-23-42(34)57(46(37)47(38)58)33-26-29-45-40(30-33)36-20-9-12-25-44(36)59-45/h1-30H. The second-order valence-electron chi connectivity index (χ2n) is 15.0. The molecule has 0 N–H and O–H groups in total. The highest BCUT2D eigenvalue weighted by Gasteiger charge is 2.24. The lowest BCUT2D eigenvalue weighted by atomic mass is 10.1. The number of hydrogen-bond donors (Lipinski definition) is 0. The predicted molar refractivity (Wildman–Crippen MR) is 245 cm³/mol. The summed E-state index contributed by atoms with van der Waals surface area (Å²) in [6.07, 6.45) is 0. The van der Waals surface area contributed by atoms with Gasteiger partial charge in [0.1, 0.15) is 16.2 Å². The molecule has 8 aromatic carbocycles. The molecule has 0 radical (unpaired) electrons. The highest BCUT2D eigenvalue weighted by molar-refractivity contribution is 7.22. The van der Waals surface area contributed by atoms with Crippen LogP contribution < -0.4 is 0 Å². The molecule has 0 aliphatic heterocycles. The molecular weight excluding hydrogens is 757 g/mol. The summed E-state index contributed by atoms with van der Waals surface area (Å²) in [5.41, 5.74) is 10.8. The SMILES string of the molecule is c1ccc(-c2nc(-c3cccc4nc(-c5ccccc5)sc34)nc(-n3c4ccccc4c4ccc5c6ccccc6n(-c6ccc7oc8ccccc8c7c6)c5c43)n2)cc1. The second kappa shape index (κ2) is 12.8. The number of aromatic nitrogens is 6. The molecule has 5 aromatic heterocycles. The fourth-order valence-electron chi connectivity index (χ4n) is 8.96. The van der Waals surface area contributed by atoms with E-state index in [1.165, 1.54) is 0 Å². The molecule has 0 saturated carbocycles. The zero-order valence-corrected chi connectivity index (χ0v) is 32.6. The molecule has 5 heterocycles. The number of furan rings is 1. The van der Waals surface area contributed by atoms with Crippen LogP contribution in [0.25, 0.3) is 121 Å². The molecule has 7 nitrogen and oxygen atoms in total. The number of thiazole rings is 1. The summed E-state index contributed by atoms with van der Waals surface area (Å²) < 4.78 is 12.0. The monoisotopic (exact) mass is 786 g/mol. The van der Waals surface area contributed by atoms with Crippen molar-refractivity contribution in [3.8, 4) is 45.0 Å². The second-order valence-corrected chi connectivity index (χ2v) is 16.0. The summed E-state index contributed by atoms with van der Waals surface area (Å²) >= 11 is 1.66. The van der Waals surface area contributed by atoms with E-state index in [1.54, 1.807) is 11.3 Å². The molecule has 0 unspecified atom stereocenters. The Labute approximate surface area is 346 Å². The summed E-state index contributed by atoms with van der Waals surface area (Å²) in [5, 5.41) is 7.64. The van der Waals surface area contributed by atoms with Crippen LogP contribution in [0.15, 0.2) is 186 Å². The van der Waals surface area contributed by atoms with Gasteiger partial charge in [0.15, 0.2) is 11.6 Å². The zero-order valence-electron chi connectivity index (χ0n) is 31.8. The molecule has 0 fully saturated rings. The minimum absolute atomic E-state index is 0.537. The third-order valence-electron chi connectivity index (χ3n) is 11.6. The van der Waals surface area contributed by atoms with Crippen molar-refractivity contribution in [3.05, 3.63) is 182 Å². The van der Waals surface area contributed by atoms with Gasteiger partial charge in [-0.3, -0.25) is 4.57 Å². The Bertz CT molecular complexity index is 3840. The van der Waals surface area contributed by atoms with Gasteiger partial charge in [0, 0.05) is 54.7 Å². The Morgan fingerprint density at radius 2 is 1.03 bits per heavy atom. The highest BCUT2D eigenvalue weighted by Crippen LogP contribution is 2.43. The molecule has 0 atom stereocenters. The molecule has 0 bridgehead atoms. The molecular formula is C52H30N6OS. The van der Waals surface area contributed by atoms with E-state index >= 15 is 0 Å². The Balaban J connectivity index is 1.14. The summed E-state index contributed by atoms with van der Waals surface area (Å²) in [6, 6.07) is 63.2. The Hall–Kier alpha value is -7.94. The molecule has 0 aliphatic carbocycles. The third-order valence-corrected chi connectivity index (χ3v) is 12.8. The number of fused-ring (bicyclic) bond motifs is 11. The van der Waals surface area contributed by atoms with Crippen LogP contribution in [0, 0.1) is 0 Å². The molecule has 0 saturated heterocycles. The third kappa shape index (κ3) is 4.88. The van der Waals surface area contributed by atoms with E-state index in [0.717, 1.165) is 103 Å². The van der Waals surface area contributed by atoms with E-state index in [-0.39, 0.29) is 0 Å². The van der Waals surface area contributed by atoms with E-state index < -0.39 is 0 Å². The molecule has 0 amide bonds. The van der Waals surface area contributed by atoms with Crippen molar-refractivity contribution in [2.75, 3.05) is 0 Å². The number of hydrogen-bond acceptors (Lipinski definition) is 6. The van der Waals surface area contributed by atoms with Crippen molar-refractivity contribution in [2.45, 2.75) is 0 Å². The van der Waals surface area contributed by atoms with E-state index in [1.807, 2.05) is 54.6 Å². The lowest BCUT2D eigenvalue weighted by Gasteiger charge is -2.13. The van der Waals surface area contributed by atoms with Gasteiger partial charge < -0.3 is 8.98 Å². The highest BCUT2D eigenvalue weighted by atomic mass is 32.1. The lowest BCUT2D eigenvalue weighted by Crippen LogP contribution is -2.07. The molecule has 8 heteroatoms. The van der Waals surface area contributed by atoms with Crippen LogP contribution in [-0.4, -0.2) is 29.1 Å². The smallest absolute Gasteiger partial charge is 0.238 e. The average molecular weight is 787 g/mol. The van der Waals surface area contributed by atoms with Crippen LogP contribution in [0.5, 0.6) is 0 Å². The van der Waals surface area contributed by atoms with Gasteiger partial charge in [-0.25, -0.2) is 9.97 Å². The first-order valence-corrected chi connectivity index (χ1v) is 20.7. The number of nitrogens with zero attached hydrogens (tertiary/aromatic N) is 6. The van der Waals surface area contributed by atoms with Gasteiger partial charge in [-0.05, 0) is 48.5 Å². The van der Waals surface area contributed by atoms with Crippen LogP contribution in [0.3, 0.4) is 0 Å². The van der Waals surface area contributed by atoms with Gasteiger partial charge in [0.2, 0.25) is 5.95 Å². The van der Waals surface area contributed by atoms with Gasteiger partial charge in [0.25, 0.3) is 0 Å². The van der Waals surface area contributed by atoms with E-state index in [4.69, 9.17) is 24.4 Å². The van der Waals surface area contributed by atoms with Crippen molar-refractivity contribution in [1.29, 1.82) is 0 Å². The van der Waals surface area contributed by atoms with Crippen molar-refractivity contribution in [3.63, 3.8) is 0 Å². The summed E-state index contributed by atoms with van der Waals surface area (Å²) in [4.78, 5) is 21.1. The molecule has 60 heavy (non-hydrogen) atoms. The van der Waals surface area contributed by atoms with Crippen LogP contribution in [0.4, 0.5) is 0 Å². The minimum atomic E-state index is 0.537. The van der Waals surface area contributed by atoms with Crippen molar-refractivity contribution in [2.24, 2.45) is 0 Å². The van der Waals surface area contributed by atoms with E-state index in [9.17, 15) is 0 Å². The van der Waals surface area contributed by atoms with Crippen molar-refractivity contribution in [1.82, 2.24) is 29.1 Å². The maximum absolute atomic E-state index is 6.29. The predicted octanol–water partition coefficient (Wildman–Crippen LogP) is 13.6. The molecule has 0 aliphatic rings. The number of rotatable bonds is 5. The van der Waals surface area contributed by atoms with Crippen LogP contribution in [0.1, 0.15) is 0 Å². The summed E-state index contributed by atoms with van der Waals surface area (Å²) in [6.45, 7) is 0. The fraction of sp³-hybridized carbons (Fsp3) is 0. The maximum Gasteiger partial charge on any atom is 0.238 e. The van der Waals surface area contributed by atoms with Gasteiger partial charge in [0.05, 0.1) is 32.3 Å². The zero-order chi connectivity index (χ0) is 39.3. The number of benzene rings is 8. The van der Waals surface area contributed by atoms with Crippen LogP contribution in [-0.2, 0) is 0 Å². The average Bonchev–Trinajstić information content (AvgIpc) is 4.09. The molecule has 13 rings (SSSR count). The molecule has 13 aromatic rings. The van der Waals surface area contributed by atoms with Crippen molar-refractivity contribution >= 4 is 87.1 Å². The topological polar surface area (TPSA) is 74.6 Å².